The zero-order valence-electron chi connectivity index (χ0n) is 28.0. The molecule has 1 fully saturated rings. The number of carbonyl (C=O) groups is 2. The van der Waals surface area contributed by atoms with Crippen molar-refractivity contribution < 1.29 is 27.9 Å². The van der Waals surface area contributed by atoms with E-state index in [1.165, 1.54) is 30.2 Å². The van der Waals surface area contributed by atoms with Crippen molar-refractivity contribution in [3.8, 4) is 0 Å². The van der Waals surface area contributed by atoms with Gasteiger partial charge in [-0.1, -0.05) is 51.1 Å². The summed E-state index contributed by atoms with van der Waals surface area (Å²) in [5, 5.41) is 15.6. The van der Waals surface area contributed by atoms with Crippen molar-refractivity contribution in [2.45, 2.75) is 77.4 Å². The van der Waals surface area contributed by atoms with Gasteiger partial charge in [-0.25, -0.2) is 13.8 Å². The van der Waals surface area contributed by atoms with Crippen molar-refractivity contribution in [1.29, 1.82) is 0 Å². The second-order valence-corrected chi connectivity index (χ2v) is 13.2. The van der Waals surface area contributed by atoms with E-state index in [0.717, 1.165) is 43.7 Å². The van der Waals surface area contributed by atoms with Gasteiger partial charge < -0.3 is 25.5 Å². The summed E-state index contributed by atoms with van der Waals surface area (Å²) in [6.07, 6.45) is 8.81. The van der Waals surface area contributed by atoms with E-state index in [1.54, 1.807) is 17.1 Å². The molecule has 256 valence electrons. The Morgan fingerprint density at radius 1 is 1.06 bits per heavy atom. The summed E-state index contributed by atoms with van der Waals surface area (Å²) >= 11 is 0. The van der Waals surface area contributed by atoms with Crippen LogP contribution in [0.2, 0.25) is 0 Å². The molecule has 2 aromatic carbocycles. The molecule has 0 saturated heterocycles. The van der Waals surface area contributed by atoms with Gasteiger partial charge in [0.05, 0.1) is 17.7 Å². The van der Waals surface area contributed by atoms with E-state index in [9.17, 15) is 23.5 Å². The molecule has 2 amide bonds. The van der Waals surface area contributed by atoms with Crippen LogP contribution in [0.3, 0.4) is 0 Å². The molecule has 0 radical (unpaired) electrons. The van der Waals surface area contributed by atoms with Crippen LogP contribution in [-0.4, -0.2) is 52.5 Å². The number of primary amides is 1. The summed E-state index contributed by atoms with van der Waals surface area (Å²) in [4.78, 5) is 33.9. The maximum atomic E-state index is 14.5. The Labute approximate surface area is 281 Å². The molecule has 10 heteroatoms. The SMILES string of the molecule is CCCN(CCC)C(=O)C1=CC(c2ncco2)=CC(C(N)=O)([C@H](Cc2cc(F)cc(F)c2)[C@@H](O)CNC2(c3cccc(CC)c3)CC2)C1. The Morgan fingerprint density at radius 2 is 1.77 bits per heavy atom. The molecule has 3 aromatic rings. The lowest BCUT2D eigenvalue weighted by molar-refractivity contribution is -0.132. The van der Waals surface area contributed by atoms with Gasteiger partial charge >= 0.3 is 0 Å². The average molecular weight is 661 g/mol. The van der Waals surface area contributed by atoms with E-state index >= 15 is 0 Å². The topological polar surface area (TPSA) is 122 Å². The predicted octanol–water partition coefficient (Wildman–Crippen LogP) is 5.85. The predicted molar refractivity (Wildman–Crippen MR) is 180 cm³/mol. The molecule has 1 unspecified atom stereocenters. The third-order valence-electron chi connectivity index (χ3n) is 9.70. The highest BCUT2D eigenvalue weighted by Gasteiger charge is 2.51. The molecule has 5 rings (SSSR count). The molecule has 0 bridgehead atoms. The number of rotatable bonds is 16. The smallest absolute Gasteiger partial charge is 0.249 e. The number of benzene rings is 2. The molecule has 48 heavy (non-hydrogen) atoms. The quantitative estimate of drug-likeness (QED) is 0.177. The number of hydrogen-bond acceptors (Lipinski definition) is 6. The van der Waals surface area contributed by atoms with Crippen molar-refractivity contribution in [1.82, 2.24) is 15.2 Å². The minimum Gasteiger partial charge on any atom is -0.445 e. The van der Waals surface area contributed by atoms with Crippen LogP contribution in [0.1, 0.15) is 75.5 Å². The van der Waals surface area contributed by atoms with E-state index in [1.807, 2.05) is 19.9 Å². The molecule has 1 aromatic heterocycles. The molecular weight excluding hydrogens is 614 g/mol. The van der Waals surface area contributed by atoms with Crippen molar-refractivity contribution in [2.75, 3.05) is 19.6 Å². The lowest BCUT2D eigenvalue weighted by Crippen LogP contribution is -2.52. The van der Waals surface area contributed by atoms with Crippen LogP contribution in [0.25, 0.3) is 5.57 Å². The van der Waals surface area contributed by atoms with Gasteiger partial charge in [-0.2, -0.15) is 0 Å². The molecule has 0 aliphatic heterocycles. The van der Waals surface area contributed by atoms with Crippen molar-refractivity contribution in [3.63, 3.8) is 0 Å². The van der Waals surface area contributed by atoms with Crippen LogP contribution >= 0.6 is 0 Å². The van der Waals surface area contributed by atoms with Crippen molar-refractivity contribution >= 4 is 17.4 Å². The number of amides is 2. The summed E-state index contributed by atoms with van der Waals surface area (Å²) in [6.45, 7) is 7.18. The first-order chi connectivity index (χ1) is 23.0. The summed E-state index contributed by atoms with van der Waals surface area (Å²) < 4.78 is 34.6. The van der Waals surface area contributed by atoms with Crippen LogP contribution in [0.15, 0.2) is 77.1 Å². The third-order valence-corrected chi connectivity index (χ3v) is 9.70. The van der Waals surface area contributed by atoms with Gasteiger partial charge in [-0.05, 0) is 79.8 Å². The molecular formula is C38H46F2N4O4. The number of allylic oxidation sites excluding steroid dienone is 2. The third kappa shape index (κ3) is 7.60. The van der Waals surface area contributed by atoms with E-state index in [-0.39, 0.29) is 42.3 Å². The van der Waals surface area contributed by atoms with Gasteiger partial charge in [0, 0.05) is 48.3 Å². The van der Waals surface area contributed by atoms with Gasteiger partial charge in [0.25, 0.3) is 0 Å². The molecule has 8 nitrogen and oxygen atoms in total. The molecule has 1 saturated carbocycles. The summed E-state index contributed by atoms with van der Waals surface area (Å²) in [6, 6.07) is 11.5. The summed E-state index contributed by atoms with van der Waals surface area (Å²) in [7, 11) is 0. The van der Waals surface area contributed by atoms with Gasteiger partial charge in [0.2, 0.25) is 17.7 Å². The van der Waals surface area contributed by atoms with Gasteiger partial charge in [-0.15, -0.1) is 0 Å². The minimum atomic E-state index is -1.64. The highest BCUT2D eigenvalue weighted by Crippen LogP contribution is 2.48. The van der Waals surface area contributed by atoms with Crippen LogP contribution in [0.4, 0.5) is 8.78 Å². The molecule has 4 N–H and O–H groups in total. The largest absolute Gasteiger partial charge is 0.445 e. The number of aliphatic hydroxyl groups is 1. The van der Waals surface area contributed by atoms with E-state index in [4.69, 9.17) is 10.2 Å². The number of nitrogens with zero attached hydrogens (tertiary/aromatic N) is 2. The van der Waals surface area contributed by atoms with Gasteiger partial charge in [-0.3, -0.25) is 9.59 Å². The standard InChI is InChI=1S/C38H46F2N4O4/c1-4-13-44(14-5-2)35(46)28-20-27(34-42-12-15-48-34)22-37(23-28,36(41)47)32(19-26-17-30(39)21-31(40)18-26)33(45)24-43-38(10-11-38)29-9-7-8-25(6-3)16-29/h7-9,12,15-18,20-22,32-33,43,45H,4-6,10-11,13-14,19,23-24H2,1-3H3,(H2,41,47)/t32-,33+,37?/m1/s1. The normalized spacial score (nSPS) is 19.6. The Hall–Kier alpha value is -4.15. The van der Waals surface area contributed by atoms with Crippen LogP contribution in [0, 0.1) is 23.0 Å². The zero-order chi connectivity index (χ0) is 34.5. The fourth-order valence-electron chi connectivity index (χ4n) is 7.06. The Balaban J connectivity index is 1.57. The molecule has 2 aliphatic rings. The fourth-order valence-corrected chi connectivity index (χ4v) is 7.06. The Bertz CT molecular complexity index is 1640. The lowest BCUT2D eigenvalue weighted by Gasteiger charge is -2.42. The lowest BCUT2D eigenvalue weighted by atomic mass is 9.63. The zero-order valence-corrected chi connectivity index (χ0v) is 28.0. The number of aryl methyl sites for hydroxylation is 1. The number of nitrogens with one attached hydrogen (secondary N) is 1. The van der Waals surface area contributed by atoms with Crippen molar-refractivity contribution in [2.24, 2.45) is 17.1 Å². The minimum absolute atomic E-state index is 0.0702. The first-order valence-electron chi connectivity index (χ1n) is 16.9. The fraction of sp³-hybridized carbons (Fsp3) is 0.447. The molecule has 0 spiro atoms. The van der Waals surface area contributed by atoms with Gasteiger partial charge in [0.1, 0.15) is 17.9 Å². The highest BCUT2D eigenvalue weighted by atomic mass is 19.1. The number of hydrogen-bond donors (Lipinski definition) is 3. The Morgan fingerprint density at radius 3 is 2.35 bits per heavy atom. The van der Waals surface area contributed by atoms with Crippen LogP contribution in [0.5, 0.6) is 0 Å². The molecule has 3 atom stereocenters. The number of oxazole rings is 1. The number of carbonyl (C=O) groups excluding carboxylic acids is 2. The second-order valence-electron chi connectivity index (χ2n) is 13.2. The summed E-state index contributed by atoms with van der Waals surface area (Å²) in [5.41, 5.74) is 7.55. The maximum Gasteiger partial charge on any atom is 0.249 e. The number of aliphatic hydroxyl groups excluding tert-OH is 1. The second kappa shape index (κ2) is 15.0. The van der Waals surface area contributed by atoms with Gasteiger partial charge in [0.15, 0.2) is 0 Å². The van der Waals surface area contributed by atoms with Crippen molar-refractivity contribution in [3.05, 3.63) is 107 Å². The van der Waals surface area contributed by atoms with E-state index in [2.05, 4.69) is 35.4 Å². The van der Waals surface area contributed by atoms with Crippen LogP contribution < -0.4 is 11.1 Å². The monoisotopic (exact) mass is 660 g/mol. The molecule has 2 aliphatic carbocycles. The Kier molecular flexibility index (Phi) is 11.0. The van der Waals surface area contributed by atoms with E-state index < -0.39 is 35.0 Å². The number of aromatic nitrogens is 1. The summed E-state index contributed by atoms with van der Waals surface area (Å²) in [5.74, 6) is -3.39. The first-order valence-corrected chi connectivity index (χ1v) is 16.9. The molecule has 1 heterocycles. The maximum absolute atomic E-state index is 14.5. The average Bonchev–Trinajstić information content (AvgIpc) is 3.66. The number of halogens is 2. The highest BCUT2D eigenvalue weighted by molar-refractivity contribution is 6.00. The number of nitrogens with two attached hydrogens (primary N) is 1. The first kappa shape index (κ1) is 35.2. The van der Waals surface area contributed by atoms with Crippen LogP contribution in [-0.2, 0) is 28.0 Å². The van der Waals surface area contributed by atoms with E-state index in [0.29, 0.717) is 24.2 Å².